The summed E-state index contributed by atoms with van der Waals surface area (Å²) in [5.41, 5.74) is 1.07. The van der Waals surface area contributed by atoms with Gasteiger partial charge in [0.1, 0.15) is 5.82 Å². The van der Waals surface area contributed by atoms with Gasteiger partial charge in [0.15, 0.2) is 0 Å². The molecule has 0 amide bonds. The van der Waals surface area contributed by atoms with Crippen molar-refractivity contribution < 1.29 is 4.74 Å². The zero-order valence-electron chi connectivity index (χ0n) is 11.0. The monoisotopic (exact) mass is 247 g/mol. The van der Waals surface area contributed by atoms with Gasteiger partial charge in [-0.15, -0.1) is 0 Å². The van der Waals surface area contributed by atoms with Gasteiger partial charge in [-0.1, -0.05) is 0 Å². The summed E-state index contributed by atoms with van der Waals surface area (Å²) in [7, 11) is 0. The highest BCUT2D eigenvalue weighted by atomic mass is 16.5. The Morgan fingerprint density at radius 2 is 2.11 bits per heavy atom. The van der Waals surface area contributed by atoms with Crippen LogP contribution in [-0.4, -0.2) is 47.2 Å². The summed E-state index contributed by atoms with van der Waals surface area (Å²) in [6, 6.07) is 2.68. The lowest BCUT2D eigenvalue weighted by Crippen LogP contribution is -2.37. The molecule has 1 aromatic heterocycles. The van der Waals surface area contributed by atoms with Gasteiger partial charge >= 0.3 is 0 Å². The Morgan fingerprint density at radius 3 is 2.89 bits per heavy atom. The van der Waals surface area contributed by atoms with Crippen LogP contribution in [0.1, 0.15) is 36.7 Å². The maximum absolute atomic E-state index is 5.44. The van der Waals surface area contributed by atoms with Crippen molar-refractivity contribution in [2.24, 2.45) is 0 Å². The van der Waals surface area contributed by atoms with Gasteiger partial charge in [0.2, 0.25) is 0 Å². The van der Waals surface area contributed by atoms with Gasteiger partial charge in [-0.2, -0.15) is 0 Å². The van der Waals surface area contributed by atoms with E-state index in [0.29, 0.717) is 12.0 Å². The molecule has 0 N–H and O–H groups in total. The molecule has 0 saturated carbocycles. The van der Waals surface area contributed by atoms with Crippen molar-refractivity contribution in [3.8, 4) is 0 Å². The van der Waals surface area contributed by atoms with Crippen molar-refractivity contribution >= 4 is 0 Å². The number of likely N-dealkylation sites (tertiary alicyclic amines) is 1. The molecule has 4 nitrogen and oxygen atoms in total. The molecule has 0 radical (unpaired) electrons. The molecular weight excluding hydrogens is 226 g/mol. The number of hydrogen-bond acceptors (Lipinski definition) is 4. The van der Waals surface area contributed by atoms with Crippen LogP contribution in [0, 0.1) is 6.92 Å². The van der Waals surface area contributed by atoms with Gasteiger partial charge in [-0.25, -0.2) is 9.97 Å². The van der Waals surface area contributed by atoms with Crippen LogP contribution < -0.4 is 0 Å². The van der Waals surface area contributed by atoms with Crippen molar-refractivity contribution in [2.45, 2.75) is 38.1 Å². The molecule has 2 saturated heterocycles. The number of hydrogen-bond donors (Lipinski definition) is 0. The van der Waals surface area contributed by atoms with Crippen LogP contribution >= 0.6 is 0 Å². The van der Waals surface area contributed by atoms with E-state index in [4.69, 9.17) is 4.74 Å². The molecule has 18 heavy (non-hydrogen) atoms. The number of aromatic nitrogens is 2. The van der Waals surface area contributed by atoms with Crippen LogP contribution in [0.3, 0.4) is 0 Å². The quantitative estimate of drug-likeness (QED) is 0.798. The topological polar surface area (TPSA) is 38.2 Å². The van der Waals surface area contributed by atoms with Gasteiger partial charge in [0, 0.05) is 43.6 Å². The summed E-state index contributed by atoms with van der Waals surface area (Å²) in [6.45, 7) is 6.19. The highest BCUT2D eigenvalue weighted by molar-refractivity contribution is 5.06. The molecule has 0 aromatic carbocycles. The molecule has 0 bridgehead atoms. The predicted molar refractivity (Wildman–Crippen MR) is 69.5 cm³/mol. The molecule has 0 unspecified atom stereocenters. The van der Waals surface area contributed by atoms with E-state index in [1.165, 1.54) is 25.8 Å². The minimum Gasteiger partial charge on any atom is -0.381 e. The minimum atomic E-state index is 0.521. The molecule has 3 heterocycles. The maximum Gasteiger partial charge on any atom is 0.132 e. The van der Waals surface area contributed by atoms with Crippen molar-refractivity contribution in [3.05, 3.63) is 23.8 Å². The number of rotatable bonds is 2. The molecule has 98 valence electrons. The fourth-order valence-electron chi connectivity index (χ4n) is 3.05. The predicted octanol–water partition coefficient (Wildman–Crippen LogP) is 1.75. The second-order valence-corrected chi connectivity index (χ2v) is 5.38. The summed E-state index contributed by atoms with van der Waals surface area (Å²) >= 11 is 0. The van der Waals surface area contributed by atoms with E-state index in [9.17, 15) is 0 Å². The van der Waals surface area contributed by atoms with Gasteiger partial charge < -0.3 is 4.74 Å². The zero-order valence-corrected chi connectivity index (χ0v) is 11.0. The average molecular weight is 247 g/mol. The number of aryl methyl sites for hydroxylation is 1. The first-order chi connectivity index (χ1) is 8.83. The highest BCUT2D eigenvalue weighted by Gasteiger charge is 2.31. The molecule has 0 aliphatic carbocycles. The highest BCUT2D eigenvalue weighted by Crippen LogP contribution is 2.28. The Morgan fingerprint density at radius 1 is 1.28 bits per heavy atom. The van der Waals surface area contributed by atoms with Crippen molar-refractivity contribution in [2.75, 3.05) is 26.3 Å². The van der Waals surface area contributed by atoms with Crippen molar-refractivity contribution in [1.29, 1.82) is 0 Å². The van der Waals surface area contributed by atoms with Crippen LogP contribution in [0.15, 0.2) is 12.3 Å². The first-order valence-corrected chi connectivity index (χ1v) is 6.94. The molecule has 2 fully saturated rings. The smallest absolute Gasteiger partial charge is 0.132 e. The van der Waals surface area contributed by atoms with Gasteiger partial charge in [-0.05, 0) is 38.8 Å². The molecule has 3 rings (SSSR count). The normalized spacial score (nSPS) is 26.6. The maximum atomic E-state index is 5.44. The van der Waals surface area contributed by atoms with E-state index in [-0.39, 0.29) is 0 Å². The Balaban J connectivity index is 1.64. The lowest BCUT2D eigenvalue weighted by atomic mass is 10.1. The van der Waals surface area contributed by atoms with Crippen LogP contribution in [0.5, 0.6) is 0 Å². The third-order valence-corrected chi connectivity index (χ3v) is 4.11. The molecule has 1 atom stereocenters. The Hall–Kier alpha value is -1.00. The summed E-state index contributed by atoms with van der Waals surface area (Å²) in [4.78, 5) is 11.6. The Kier molecular flexibility index (Phi) is 3.57. The van der Waals surface area contributed by atoms with Gasteiger partial charge in [-0.3, -0.25) is 4.90 Å². The molecular formula is C14H21N3O. The summed E-state index contributed by atoms with van der Waals surface area (Å²) in [5, 5.41) is 0. The van der Waals surface area contributed by atoms with Crippen molar-refractivity contribution in [1.82, 2.24) is 14.9 Å². The first-order valence-electron chi connectivity index (χ1n) is 6.94. The second-order valence-electron chi connectivity index (χ2n) is 5.38. The molecule has 2 aliphatic rings. The third-order valence-electron chi connectivity index (χ3n) is 4.11. The average Bonchev–Trinajstić information content (AvgIpc) is 2.89. The fourth-order valence-corrected chi connectivity index (χ4v) is 3.05. The van der Waals surface area contributed by atoms with Crippen LogP contribution in [0.2, 0.25) is 0 Å². The van der Waals surface area contributed by atoms with Crippen LogP contribution in [0.25, 0.3) is 0 Å². The number of ether oxygens (including phenoxy) is 1. The zero-order chi connectivity index (χ0) is 12.4. The van der Waals surface area contributed by atoms with Crippen LogP contribution in [-0.2, 0) is 4.74 Å². The summed E-state index contributed by atoms with van der Waals surface area (Å²) < 4.78 is 5.44. The third kappa shape index (κ3) is 2.54. The van der Waals surface area contributed by atoms with Crippen molar-refractivity contribution in [3.63, 3.8) is 0 Å². The summed E-state index contributed by atoms with van der Waals surface area (Å²) in [6.07, 6.45) is 5.44. The van der Waals surface area contributed by atoms with Gasteiger partial charge in [0.05, 0.1) is 0 Å². The Bertz CT molecular complexity index is 404. The standard InChI is InChI=1S/C14H21N3O/c1-11-2-6-15-14(16-11)12-3-7-17(10-12)13-4-8-18-9-5-13/h2,6,12-13H,3-5,7-10H2,1H3/t12-/m0/s1. The molecule has 4 heteroatoms. The fraction of sp³-hybridized carbons (Fsp3) is 0.714. The first kappa shape index (κ1) is 12.1. The van der Waals surface area contributed by atoms with Gasteiger partial charge in [0.25, 0.3) is 0 Å². The van der Waals surface area contributed by atoms with E-state index in [1.54, 1.807) is 0 Å². The Labute approximate surface area is 108 Å². The largest absolute Gasteiger partial charge is 0.381 e. The molecule has 0 spiro atoms. The summed E-state index contributed by atoms with van der Waals surface area (Å²) in [5.74, 6) is 1.55. The van der Waals surface area contributed by atoms with E-state index in [1.807, 2.05) is 19.2 Å². The molecule has 2 aliphatic heterocycles. The minimum absolute atomic E-state index is 0.521. The van der Waals surface area contributed by atoms with Crippen LogP contribution in [0.4, 0.5) is 0 Å². The van der Waals surface area contributed by atoms with E-state index in [0.717, 1.165) is 31.3 Å². The van der Waals surface area contributed by atoms with E-state index < -0.39 is 0 Å². The molecule has 1 aromatic rings. The lowest BCUT2D eigenvalue weighted by Gasteiger charge is -2.30. The van der Waals surface area contributed by atoms with E-state index >= 15 is 0 Å². The number of nitrogens with zero attached hydrogens (tertiary/aromatic N) is 3. The SMILES string of the molecule is Cc1ccnc([C@H]2CCN(C3CCOCC3)C2)n1. The second kappa shape index (κ2) is 5.33. The lowest BCUT2D eigenvalue weighted by molar-refractivity contribution is 0.0419. The van der Waals surface area contributed by atoms with E-state index in [2.05, 4.69) is 14.9 Å².